The number of rotatable bonds is 7. The molecule has 0 bridgehead atoms. The predicted molar refractivity (Wildman–Crippen MR) is 125 cm³/mol. The number of benzene rings is 3. The lowest BCUT2D eigenvalue weighted by Gasteiger charge is -2.08. The predicted octanol–water partition coefficient (Wildman–Crippen LogP) is 5.63. The van der Waals surface area contributed by atoms with Crippen LogP contribution in [0.2, 0.25) is 5.02 Å². The van der Waals surface area contributed by atoms with E-state index in [0.29, 0.717) is 21.4 Å². The van der Waals surface area contributed by atoms with Crippen LogP contribution in [0.5, 0.6) is 5.75 Å². The van der Waals surface area contributed by atoms with Gasteiger partial charge in [0, 0.05) is 17.7 Å². The van der Waals surface area contributed by atoms with E-state index in [1.807, 2.05) is 36.4 Å². The van der Waals surface area contributed by atoms with Crippen molar-refractivity contribution in [2.45, 2.75) is 6.61 Å². The van der Waals surface area contributed by atoms with Crippen molar-refractivity contribution in [1.29, 1.82) is 0 Å². The van der Waals surface area contributed by atoms with Crippen LogP contribution >= 0.6 is 23.8 Å². The summed E-state index contributed by atoms with van der Waals surface area (Å²) in [6.45, 7) is 0.232. The Hall–Kier alpha value is -3.82. The van der Waals surface area contributed by atoms with Gasteiger partial charge in [-0.3, -0.25) is 10.1 Å². The number of halogens is 1. The summed E-state index contributed by atoms with van der Waals surface area (Å²) in [7, 11) is 0. The Balaban J connectivity index is 1.47. The van der Waals surface area contributed by atoms with Crippen molar-refractivity contribution in [2.75, 3.05) is 0 Å². The molecule has 0 fully saturated rings. The Bertz CT molecular complexity index is 1330. The molecule has 0 saturated heterocycles. The Morgan fingerprint density at radius 1 is 1.16 bits per heavy atom. The molecule has 4 rings (SSSR count). The first-order chi connectivity index (χ1) is 15.5. The fraction of sp³-hybridized carbons (Fsp3) is 0.0455. The monoisotopic (exact) mass is 465 g/mol. The first-order valence-electron chi connectivity index (χ1n) is 9.44. The number of nitrogens with one attached hydrogen (secondary N) is 1. The van der Waals surface area contributed by atoms with E-state index in [9.17, 15) is 10.1 Å². The molecule has 1 N–H and O–H groups in total. The molecule has 1 heterocycles. The van der Waals surface area contributed by atoms with E-state index >= 15 is 0 Å². The minimum Gasteiger partial charge on any atom is -0.487 e. The first-order valence-corrected chi connectivity index (χ1v) is 10.2. The van der Waals surface area contributed by atoms with Gasteiger partial charge in [0.15, 0.2) is 5.82 Å². The van der Waals surface area contributed by atoms with Gasteiger partial charge in [0.25, 0.3) is 5.69 Å². The molecule has 4 aromatic rings. The zero-order valence-electron chi connectivity index (χ0n) is 16.5. The number of hydrogen-bond donors (Lipinski definition) is 1. The molecule has 0 saturated carbocycles. The molecular weight excluding hydrogens is 450 g/mol. The molecule has 0 atom stereocenters. The molecule has 160 valence electrons. The SMILES string of the molecule is O=[N+]([O-])c1ccc(COc2ccc(/C=N\n3c(-c4ccccc4)n[nH]c3=S)cc2Cl)cc1. The lowest BCUT2D eigenvalue weighted by molar-refractivity contribution is -0.384. The second-order valence-electron chi connectivity index (χ2n) is 6.68. The summed E-state index contributed by atoms with van der Waals surface area (Å²) in [6, 6.07) is 21.0. The molecule has 32 heavy (non-hydrogen) atoms. The number of aromatic nitrogens is 3. The van der Waals surface area contributed by atoms with Crippen molar-refractivity contribution in [3.8, 4) is 17.1 Å². The third-order valence-corrected chi connectivity index (χ3v) is 5.06. The Labute approximate surface area is 192 Å². The minimum atomic E-state index is -0.443. The normalized spacial score (nSPS) is 11.0. The van der Waals surface area contributed by atoms with Crippen LogP contribution in [-0.2, 0) is 6.61 Å². The topological polar surface area (TPSA) is 98.3 Å². The Morgan fingerprint density at radius 2 is 1.91 bits per heavy atom. The molecule has 0 aliphatic carbocycles. The van der Waals surface area contributed by atoms with Crippen LogP contribution in [0.15, 0.2) is 77.9 Å². The zero-order valence-corrected chi connectivity index (χ0v) is 18.1. The maximum atomic E-state index is 10.7. The number of hydrogen-bond acceptors (Lipinski definition) is 6. The lowest BCUT2D eigenvalue weighted by atomic mass is 10.2. The fourth-order valence-electron chi connectivity index (χ4n) is 2.89. The highest BCUT2D eigenvalue weighted by Crippen LogP contribution is 2.26. The van der Waals surface area contributed by atoms with Gasteiger partial charge in [0.05, 0.1) is 16.2 Å². The molecule has 10 heteroatoms. The molecule has 0 spiro atoms. The van der Waals surface area contributed by atoms with Crippen molar-refractivity contribution >= 4 is 35.7 Å². The standard InChI is InChI=1S/C22H16ClN5O3S/c23-19-12-16(8-11-20(19)31-14-15-6-9-18(10-7-15)28(29)30)13-24-27-21(25-26-22(27)32)17-4-2-1-3-5-17/h1-13H,14H2,(H,26,32)/b24-13-. The fourth-order valence-corrected chi connectivity index (χ4v) is 3.31. The van der Waals surface area contributed by atoms with Crippen LogP contribution in [0, 0.1) is 14.9 Å². The third kappa shape index (κ3) is 4.90. The van der Waals surface area contributed by atoms with Gasteiger partial charge in [0.2, 0.25) is 4.77 Å². The number of aromatic amines is 1. The van der Waals surface area contributed by atoms with Gasteiger partial charge in [0.1, 0.15) is 12.4 Å². The van der Waals surface area contributed by atoms with Crippen LogP contribution < -0.4 is 4.74 Å². The maximum absolute atomic E-state index is 10.7. The average Bonchev–Trinajstić information content (AvgIpc) is 3.18. The summed E-state index contributed by atoms with van der Waals surface area (Å²) in [5.41, 5.74) is 2.45. The van der Waals surface area contributed by atoms with Gasteiger partial charge in [-0.05, 0) is 53.7 Å². The molecule has 0 radical (unpaired) electrons. The maximum Gasteiger partial charge on any atom is 0.269 e. The summed E-state index contributed by atoms with van der Waals surface area (Å²) in [5.74, 6) is 1.09. The van der Waals surface area contributed by atoms with Gasteiger partial charge < -0.3 is 4.74 Å². The molecule has 8 nitrogen and oxygen atoms in total. The number of nitro benzene ring substituents is 1. The smallest absolute Gasteiger partial charge is 0.269 e. The number of H-pyrrole nitrogens is 1. The molecule has 0 unspecified atom stereocenters. The molecule has 0 aliphatic heterocycles. The largest absolute Gasteiger partial charge is 0.487 e. The number of nitro groups is 1. The summed E-state index contributed by atoms with van der Waals surface area (Å²) >= 11 is 11.6. The van der Waals surface area contributed by atoms with Crippen LogP contribution in [0.1, 0.15) is 11.1 Å². The zero-order chi connectivity index (χ0) is 22.5. The van der Waals surface area contributed by atoms with E-state index in [1.165, 1.54) is 16.8 Å². The van der Waals surface area contributed by atoms with Gasteiger partial charge in [-0.25, -0.2) is 5.10 Å². The molecule has 0 amide bonds. The third-order valence-electron chi connectivity index (χ3n) is 4.50. The Morgan fingerprint density at radius 3 is 2.59 bits per heavy atom. The van der Waals surface area contributed by atoms with E-state index < -0.39 is 4.92 Å². The van der Waals surface area contributed by atoms with E-state index in [2.05, 4.69) is 15.3 Å². The first kappa shape index (κ1) is 21.4. The molecule has 1 aromatic heterocycles. The Kier molecular flexibility index (Phi) is 6.39. The summed E-state index contributed by atoms with van der Waals surface area (Å²) in [5, 5.41) is 22.6. The van der Waals surface area contributed by atoms with Crippen molar-refractivity contribution in [3.63, 3.8) is 0 Å². The molecule has 3 aromatic carbocycles. The highest BCUT2D eigenvalue weighted by Gasteiger charge is 2.08. The number of non-ortho nitro benzene ring substituents is 1. The highest BCUT2D eigenvalue weighted by molar-refractivity contribution is 7.71. The van der Waals surface area contributed by atoms with Gasteiger partial charge in [-0.1, -0.05) is 41.9 Å². The second kappa shape index (κ2) is 9.54. The van der Waals surface area contributed by atoms with E-state index in [0.717, 1.165) is 16.7 Å². The van der Waals surface area contributed by atoms with Crippen molar-refractivity contribution in [2.24, 2.45) is 5.10 Å². The van der Waals surface area contributed by atoms with Gasteiger partial charge in [-0.2, -0.15) is 14.9 Å². The van der Waals surface area contributed by atoms with Crippen LogP contribution in [0.3, 0.4) is 0 Å². The summed E-state index contributed by atoms with van der Waals surface area (Å²) < 4.78 is 7.65. The van der Waals surface area contributed by atoms with Crippen LogP contribution in [-0.4, -0.2) is 26.0 Å². The van der Waals surface area contributed by atoms with Crippen molar-refractivity contribution in [3.05, 3.63) is 104 Å². The minimum absolute atomic E-state index is 0.0311. The summed E-state index contributed by atoms with van der Waals surface area (Å²) in [6.07, 6.45) is 1.63. The van der Waals surface area contributed by atoms with Gasteiger partial charge in [-0.15, -0.1) is 0 Å². The number of nitrogens with zero attached hydrogens (tertiary/aromatic N) is 4. The van der Waals surface area contributed by atoms with Crippen LogP contribution in [0.25, 0.3) is 11.4 Å². The quantitative estimate of drug-likeness (QED) is 0.165. The van der Waals surface area contributed by atoms with Crippen molar-refractivity contribution in [1.82, 2.24) is 14.9 Å². The van der Waals surface area contributed by atoms with Crippen molar-refractivity contribution < 1.29 is 9.66 Å². The lowest BCUT2D eigenvalue weighted by Crippen LogP contribution is -1.98. The summed E-state index contributed by atoms with van der Waals surface area (Å²) in [4.78, 5) is 10.3. The molecule has 0 aliphatic rings. The van der Waals surface area contributed by atoms with E-state index in [-0.39, 0.29) is 12.3 Å². The molecular formula is C22H16ClN5O3S. The second-order valence-corrected chi connectivity index (χ2v) is 7.47. The van der Waals surface area contributed by atoms with E-state index in [1.54, 1.807) is 30.5 Å². The number of ether oxygens (including phenoxy) is 1. The average molecular weight is 466 g/mol. The van der Waals surface area contributed by atoms with E-state index in [4.69, 9.17) is 28.6 Å². The highest BCUT2D eigenvalue weighted by atomic mass is 35.5. The van der Waals surface area contributed by atoms with Gasteiger partial charge >= 0.3 is 0 Å². The van der Waals surface area contributed by atoms with Crippen LogP contribution in [0.4, 0.5) is 5.69 Å².